The first-order valence-corrected chi connectivity index (χ1v) is 10.2. The molecule has 1 saturated heterocycles. The van der Waals surface area contributed by atoms with Crippen molar-refractivity contribution < 1.29 is 14.1 Å². The molecule has 1 aliphatic heterocycles. The summed E-state index contributed by atoms with van der Waals surface area (Å²) < 4.78 is 10.9. The van der Waals surface area contributed by atoms with Crippen molar-refractivity contribution in [3.63, 3.8) is 0 Å². The van der Waals surface area contributed by atoms with E-state index in [0.29, 0.717) is 36.1 Å². The molecule has 0 saturated carbocycles. The van der Waals surface area contributed by atoms with E-state index in [-0.39, 0.29) is 5.91 Å². The summed E-state index contributed by atoms with van der Waals surface area (Å²) in [6.07, 6.45) is 2.69. The van der Waals surface area contributed by atoms with Gasteiger partial charge in [0, 0.05) is 52.0 Å². The minimum atomic E-state index is 0.141. The van der Waals surface area contributed by atoms with Gasteiger partial charge in [-0.25, -0.2) is 0 Å². The zero-order valence-electron chi connectivity index (χ0n) is 16.3. The van der Waals surface area contributed by atoms with E-state index in [1.54, 1.807) is 0 Å². The van der Waals surface area contributed by atoms with E-state index in [1.165, 1.54) is 0 Å². The molecule has 1 amide bonds. The number of aryl methyl sites for hydroxylation is 2. The largest absolute Gasteiger partial charge is 0.491 e. The van der Waals surface area contributed by atoms with E-state index in [0.717, 1.165) is 51.4 Å². The zero-order chi connectivity index (χ0) is 19.8. The predicted octanol–water partition coefficient (Wildman–Crippen LogP) is 2.83. The van der Waals surface area contributed by atoms with Crippen molar-refractivity contribution in [3.8, 4) is 5.75 Å². The number of nitrogens with zero attached hydrogens (tertiary/aromatic N) is 4. The second-order valence-corrected chi connectivity index (χ2v) is 7.26. The van der Waals surface area contributed by atoms with E-state index < -0.39 is 0 Å². The van der Waals surface area contributed by atoms with Crippen LogP contribution in [-0.2, 0) is 17.6 Å². The standard InChI is InChI=1S/C20H27ClN4O3/c1-2-5-18-22-19(28-23-18)8-9-20(26)25-12-10-24(11-13-25)14-15-27-17-7-4-3-6-16(17)21/h3-4,6-7H,2,5,8-15H2,1H3. The Morgan fingerprint density at radius 2 is 2.00 bits per heavy atom. The molecular formula is C20H27ClN4O3. The molecule has 3 rings (SSSR count). The van der Waals surface area contributed by atoms with Crippen LogP contribution in [0.1, 0.15) is 31.5 Å². The summed E-state index contributed by atoms with van der Waals surface area (Å²) in [6.45, 7) is 6.62. The van der Waals surface area contributed by atoms with Gasteiger partial charge in [-0.2, -0.15) is 4.98 Å². The highest BCUT2D eigenvalue weighted by molar-refractivity contribution is 6.32. The Morgan fingerprint density at radius 1 is 1.21 bits per heavy atom. The van der Waals surface area contributed by atoms with Crippen LogP contribution >= 0.6 is 11.6 Å². The first kappa shape index (κ1) is 20.6. The Hall–Kier alpha value is -2.12. The Bertz CT molecular complexity index is 759. The lowest BCUT2D eigenvalue weighted by Crippen LogP contribution is -2.49. The monoisotopic (exact) mass is 406 g/mol. The molecule has 152 valence electrons. The number of hydrogen-bond acceptors (Lipinski definition) is 6. The molecule has 2 heterocycles. The van der Waals surface area contributed by atoms with Crippen LogP contribution in [0.5, 0.6) is 5.75 Å². The molecule has 0 atom stereocenters. The van der Waals surface area contributed by atoms with Crippen molar-refractivity contribution >= 4 is 17.5 Å². The molecule has 0 spiro atoms. The van der Waals surface area contributed by atoms with Gasteiger partial charge in [0.05, 0.1) is 5.02 Å². The molecule has 0 radical (unpaired) electrons. The Kier molecular flexibility index (Phi) is 7.68. The van der Waals surface area contributed by atoms with E-state index in [9.17, 15) is 4.79 Å². The molecule has 0 N–H and O–H groups in total. The number of amides is 1. The molecule has 0 unspecified atom stereocenters. The third kappa shape index (κ3) is 5.94. The quantitative estimate of drug-likeness (QED) is 0.637. The van der Waals surface area contributed by atoms with E-state index in [2.05, 4.69) is 22.0 Å². The lowest BCUT2D eigenvalue weighted by molar-refractivity contribution is -0.133. The van der Waals surface area contributed by atoms with Gasteiger partial charge < -0.3 is 14.2 Å². The molecule has 0 aliphatic carbocycles. The van der Waals surface area contributed by atoms with Crippen LogP contribution in [0.15, 0.2) is 28.8 Å². The van der Waals surface area contributed by atoms with Gasteiger partial charge in [0.1, 0.15) is 12.4 Å². The van der Waals surface area contributed by atoms with Crippen LogP contribution < -0.4 is 4.74 Å². The van der Waals surface area contributed by atoms with Crippen LogP contribution in [0.4, 0.5) is 0 Å². The number of carbonyl (C=O) groups excluding carboxylic acids is 1. The third-order valence-corrected chi connectivity index (χ3v) is 5.08. The first-order chi connectivity index (χ1) is 13.7. The molecule has 1 aliphatic rings. The minimum absolute atomic E-state index is 0.141. The number of halogens is 1. The fourth-order valence-corrected chi connectivity index (χ4v) is 3.35. The number of benzene rings is 1. The fraction of sp³-hybridized carbons (Fsp3) is 0.550. The van der Waals surface area contributed by atoms with Gasteiger partial charge in [-0.15, -0.1) is 0 Å². The number of para-hydroxylation sites is 1. The van der Waals surface area contributed by atoms with Crippen LogP contribution in [0, 0.1) is 0 Å². The molecule has 0 bridgehead atoms. The summed E-state index contributed by atoms with van der Waals surface area (Å²) in [5, 5.41) is 4.55. The SMILES string of the molecule is CCCc1noc(CCC(=O)N2CCN(CCOc3ccccc3Cl)CC2)n1. The van der Waals surface area contributed by atoms with Crippen molar-refractivity contribution in [2.24, 2.45) is 0 Å². The summed E-state index contributed by atoms with van der Waals surface area (Å²) in [6, 6.07) is 7.48. The van der Waals surface area contributed by atoms with Gasteiger partial charge in [0.15, 0.2) is 5.82 Å². The number of aromatic nitrogens is 2. The molecule has 2 aromatic rings. The lowest BCUT2D eigenvalue weighted by atomic mass is 10.2. The molecule has 8 heteroatoms. The highest BCUT2D eigenvalue weighted by Crippen LogP contribution is 2.22. The molecular weight excluding hydrogens is 380 g/mol. The van der Waals surface area contributed by atoms with Crippen LogP contribution in [0.2, 0.25) is 5.02 Å². The minimum Gasteiger partial charge on any atom is -0.491 e. The number of rotatable bonds is 9. The topological polar surface area (TPSA) is 71.7 Å². The second-order valence-electron chi connectivity index (χ2n) is 6.86. The van der Waals surface area contributed by atoms with Crippen LogP contribution in [0.3, 0.4) is 0 Å². The number of carbonyl (C=O) groups is 1. The Balaban J connectivity index is 1.33. The van der Waals surface area contributed by atoms with E-state index >= 15 is 0 Å². The van der Waals surface area contributed by atoms with E-state index in [1.807, 2.05) is 29.2 Å². The van der Waals surface area contributed by atoms with Crippen LogP contribution in [0.25, 0.3) is 0 Å². The highest BCUT2D eigenvalue weighted by Gasteiger charge is 2.21. The normalized spacial score (nSPS) is 15.0. The summed E-state index contributed by atoms with van der Waals surface area (Å²) in [5.41, 5.74) is 0. The van der Waals surface area contributed by atoms with Crippen molar-refractivity contribution in [2.75, 3.05) is 39.3 Å². The molecule has 1 aromatic heterocycles. The van der Waals surface area contributed by atoms with Gasteiger partial charge in [-0.1, -0.05) is 35.8 Å². The molecule has 28 heavy (non-hydrogen) atoms. The average molecular weight is 407 g/mol. The summed E-state index contributed by atoms with van der Waals surface area (Å²) in [4.78, 5) is 21.0. The Labute approximate surface area is 170 Å². The van der Waals surface area contributed by atoms with Gasteiger partial charge in [-0.3, -0.25) is 9.69 Å². The van der Waals surface area contributed by atoms with Gasteiger partial charge in [-0.05, 0) is 18.6 Å². The number of hydrogen-bond donors (Lipinski definition) is 0. The Morgan fingerprint density at radius 3 is 2.75 bits per heavy atom. The molecule has 1 fully saturated rings. The van der Waals surface area contributed by atoms with Crippen molar-refractivity contribution in [1.29, 1.82) is 0 Å². The van der Waals surface area contributed by atoms with Gasteiger partial charge in [0.25, 0.3) is 0 Å². The third-order valence-electron chi connectivity index (χ3n) is 4.76. The van der Waals surface area contributed by atoms with Crippen molar-refractivity contribution in [1.82, 2.24) is 19.9 Å². The smallest absolute Gasteiger partial charge is 0.227 e. The maximum atomic E-state index is 12.4. The maximum absolute atomic E-state index is 12.4. The number of piperazine rings is 1. The predicted molar refractivity (Wildman–Crippen MR) is 107 cm³/mol. The fourth-order valence-electron chi connectivity index (χ4n) is 3.16. The summed E-state index contributed by atoms with van der Waals surface area (Å²) in [5.74, 6) is 2.12. The van der Waals surface area contributed by atoms with Gasteiger partial charge >= 0.3 is 0 Å². The zero-order valence-corrected chi connectivity index (χ0v) is 17.0. The van der Waals surface area contributed by atoms with Crippen molar-refractivity contribution in [3.05, 3.63) is 41.0 Å². The van der Waals surface area contributed by atoms with Gasteiger partial charge in [0.2, 0.25) is 11.8 Å². The van der Waals surface area contributed by atoms with E-state index in [4.69, 9.17) is 20.9 Å². The summed E-state index contributed by atoms with van der Waals surface area (Å²) in [7, 11) is 0. The lowest BCUT2D eigenvalue weighted by Gasteiger charge is -2.34. The van der Waals surface area contributed by atoms with Crippen molar-refractivity contribution in [2.45, 2.75) is 32.6 Å². The van der Waals surface area contributed by atoms with Crippen LogP contribution in [-0.4, -0.2) is 65.2 Å². The molecule has 1 aromatic carbocycles. The first-order valence-electron chi connectivity index (χ1n) is 9.84. The molecule has 7 nitrogen and oxygen atoms in total. The highest BCUT2D eigenvalue weighted by atomic mass is 35.5. The summed E-state index contributed by atoms with van der Waals surface area (Å²) >= 11 is 6.09. The maximum Gasteiger partial charge on any atom is 0.227 e. The number of ether oxygens (including phenoxy) is 1. The second kappa shape index (κ2) is 10.4. The average Bonchev–Trinajstić information content (AvgIpc) is 3.16.